The second-order valence-corrected chi connectivity index (χ2v) is 9.61. The van der Waals surface area contributed by atoms with Gasteiger partial charge in [-0.25, -0.2) is 0 Å². The standard InChI is InChI=1S/C25H34N2O5/c28-24-16-32-23-6-2-1-5-20(23)17-7-9-19(10-8-17)31-15-22-21(11-12-27(22)24)26-25(29)18-4-3-13-30-14-18/h1-2,5-6,17-19,21-22H,3-4,7-16H2,(H,26,29)/t17?,18?,19?,21-,22?/m0/s1. The molecule has 3 fully saturated rings. The fourth-order valence-electron chi connectivity index (χ4n) is 5.73. The third kappa shape index (κ3) is 4.64. The second kappa shape index (κ2) is 9.79. The molecule has 4 aliphatic heterocycles. The van der Waals surface area contributed by atoms with Crippen LogP contribution in [0.3, 0.4) is 0 Å². The Labute approximate surface area is 189 Å². The SMILES string of the molecule is O=C(N[C@H]1CCN2C(=O)COc3ccccc3C3CCC(CC3)OCC12)C1CCCOC1. The first-order valence-corrected chi connectivity index (χ1v) is 12.2. The molecule has 1 N–H and O–H groups in total. The molecule has 2 saturated heterocycles. The highest BCUT2D eigenvalue weighted by Crippen LogP contribution is 2.39. The van der Waals surface area contributed by atoms with Crippen LogP contribution >= 0.6 is 0 Å². The largest absolute Gasteiger partial charge is 0.483 e. The Bertz CT molecular complexity index is 816. The van der Waals surface area contributed by atoms with Crippen LogP contribution in [0.25, 0.3) is 0 Å². The molecule has 2 bridgehead atoms. The van der Waals surface area contributed by atoms with Gasteiger partial charge in [0.2, 0.25) is 5.91 Å². The van der Waals surface area contributed by atoms with E-state index in [1.54, 1.807) is 0 Å². The van der Waals surface area contributed by atoms with Gasteiger partial charge >= 0.3 is 0 Å². The van der Waals surface area contributed by atoms with Gasteiger partial charge in [0.25, 0.3) is 5.91 Å². The molecule has 0 radical (unpaired) electrons. The number of fused-ring (bicyclic) bond motifs is 5. The molecule has 6 rings (SSSR count). The zero-order valence-corrected chi connectivity index (χ0v) is 18.7. The van der Waals surface area contributed by atoms with Crippen molar-refractivity contribution in [1.29, 1.82) is 0 Å². The molecule has 3 atom stereocenters. The average molecular weight is 443 g/mol. The van der Waals surface area contributed by atoms with Crippen molar-refractivity contribution in [1.82, 2.24) is 10.2 Å². The second-order valence-electron chi connectivity index (χ2n) is 9.61. The monoisotopic (exact) mass is 442 g/mol. The van der Waals surface area contributed by atoms with E-state index in [1.165, 1.54) is 5.56 Å². The lowest BCUT2D eigenvalue weighted by Gasteiger charge is -2.33. The van der Waals surface area contributed by atoms with Crippen molar-refractivity contribution in [3.05, 3.63) is 29.8 Å². The lowest BCUT2D eigenvalue weighted by Crippen LogP contribution is -2.52. The maximum atomic E-state index is 13.1. The quantitative estimate of drug-likeness (QED) is 0.762. The first-order valence-electron chi connectivity index (χ1n) is 12.2. The Morgan fingerprint density at radius 3 is 2.69 bits per heavy atom. The van der Waals surface area contributed by atoms with Crippen LogP contribution < -0.4 is 10.1 Å². The van der Waals surface area contributed by atoms with Gasteiger partial charge in [-0.1, -0.05) is 18.2 Å². The smallest absolute Gasteiger partial charge is 0.260 e. The molecule has 32 heavy (non-hydrogen) atoms. The molecule has 2 amide bonds. The van der Waals surface area contributed by atoms with E-state index in [0.717, 1.165) is 57.3 Å². The zero-order valence-electron chi connectivity index (χ0n) is 18.7. The van der Waals surface area contributed by atoms with Crippen molar-refractivity contribution < 1.29 is 23.8 Å². The predicted molar refractivity (Wildman–Crippen MR) is 118 cm³/mol. The van der Waals surface area contributed by atoms with Gasteiger partial charge in [-0.05, 0) is 62.5 Å². The van der Waals surface area contributed by atoms with Crippen molar-refractivity contribution in [2.75, 3.05) is 33.0 Å². The Hall–Kier alpha value is -2.12. The molecule has 1 aromatic carbocycles. The summed E-state index contributed by atoms with van der Waals surface area (Å²) < 4.78 is 17.9. The number of nitrogens with zero attached hydrogens (tertiary/aromatic N) is 1. The fraction of sp³-hybridized carbons (Fsp3) is 0.680. The number of para-hydroxylation sites is 1. The van der Waals surface area contributed by atoms with Gasteiger partial charge in [0, 0.05) is 13.2 Å². The molecule has 1 aliphatic carbocycles. The highest BCUT2D eigenvalue weighted by atomic mass is 16.5. The van der Waals surface area contributed by atoms with Crippen LogP contribution in [0.1, 0.15) is 56.4 Å². The molecule has 1 saturated carbocycles. The topological polar surface area (TPSA) is 77.1 Å². The summed E-state index contributed by atoms with van der Waals surface area (Å²) in [5.74, 6) is 1.17. The van der Waals surface area contributed by atoms with E-state index >= 15 is 0 Å². The van der Waals surface area contributed by atoms with Gasteiger partial charge in [0.1, 0.15) is 5.75 Å². The molecule has 1 aromatic rings. The van der Waals surface area contributed by atoms with Crippen LogP contribution in [0.15, 0.2) is 24.3 Å². The molecule has 2 unspecified atom stereocenters. The first kappa shape index (κ1) is 21.7. The number of rotatable bonds is 2. The minimum atomic E-state index is -0.159. The summed E-state index contributed by atoms with van der Waals surface area (Å²) in [6.07, 6.45) is 6.87. The number of carbonyl (C=O) groups is 2. The summed E-state index contributed by atoms with van der Waals surface area (Å²) in [5.41, 5.74) is 1.20. The van der Waals surface area contributed by atoms with Crippen molar-refractivity contribution in [3.63, 3.8) is 0 Å². The number of nitrogens with one attached hydrogen (secondary N) is 1. The number of hydrogen-bond acceptors (Lipinski definition) is 5. The van der Waals surface area contributed by atoms with E-state index < -0.39 is 0 Å². The Morgan fingerprint density at radius 1 is 1.03 bits per heavy atom. The summed E-state index contributed by atoms with van der Waals surface area (Å²) in [4.78, 5) is 27.8. The molecule has 5 aliphatic rings. The van der Waals surface area contributed by atoms with Gasteiger partial charge in [0.05, 0.1) is 37.3 Å². The summed E-state index contributed by atoms with van der Waals surface area (Å²) >= 11 is 0. The third-order valence-corrected chi connectivity index (χ3v) is 7.61. The van der Waals surface area contributed by atoms with Crippen molar-refractivity contribution in [2.24, 2.45) is 5.92 Å². The molecule has 7 heteroatoms. The lowest BCUT2D eigenvalue weighted by atomic mass is 9.82. The maximum absolute atomic E-state index is 13.1. The van der Waals surface area contributed by atoms with Crippen molar-refractivity contribution in [2.45, 2.75) is 69.1 Å². The molecule has 4 heterocycles. The molecule has 0 aromatic heterocycles. The van der Waals surface area contributed by atoms with Crippen molar-refractivity contribution in [3.8, 4) is 5.75 Å². The molecule has 7 nitrogen and oxygen atoms in total. The van der Waals surface area contributed by atoms with Crippen LogP contribution in [0, 0.1) is 5.92 Å². The highest BCUT2D eigenvalue weighted by molar-refractivity contribution is 5.81. The fourth-order valence-corrected chi connectivity index (χ4v) is 5.73. The molecular formula is C25H34N2O5. The number of benzene rings is 1. The van der Waals surface area contributed by atoms with Gasteiger partial charge in [-0.3, -0.25) is 9.59 Å². The predicted octanol–water partition coefficient (Wildman–Crippen LogP) is 2.63. The summed E-state index contributed by atoms with van der Waals surface area (Å²) in [5, 5.41) is 3.22. The minimum Gasteiger partial charge on any atom is -0.483 e. The van der Waals surface area contributed by atoms with E-state index in [9.17, 15) is 9.59 Å². The van der Waals surface area contributed by atoms with Gasteiger partial charge in [-0.2, -0.15) is 0 Å². The van der Waals surface area contributed by atoms with E-state index in [0.29, 0.717) is 25.7 Å². The van der Waals surface area contributed by atoms with Gasteiger partial charge in [-0.15, -0.1) is 0 Å². The maximum Gasteiger partial charge on any atom is 0.260 e. The molecular weight excluding hydrogens is 408 g/mol. The normalized spacial score (nSPS) is 33.2. The Morgan fingerprint density at radius 2 is 1.88 bits per heavy atom. The first-order chi connectivity index (χ1) is 15.7. The van der Waals surface area contributed by atoms with E-state index in [1.807, 2.05) is 23.1 Å². The average Bonchev–Trinajstić information content (AvgIpc) is 3.24. The van der Waals surface area contributed by atoms with Crippen LogP contribution in [0.2, 0.25) is 0 Å². The van der Waals surface area contributed by atoms with E-state index in [4.69, 9.17) is 14.2 Å². The number of hydrogen-bond donors (Lipinski definition) is 1. The lowest BCUT2D eigenvalue weighted by molar-refractivity contribution is -0.137. The summed E-state index contributed by atoms with van der Waals surface area (Å²) in [7, 11) is 0. The van der Waals surface area contributed by atoms with Crippen molar-refractivity contribution >= 4 is 11.8 Å². The van der Waals surface area contributed by atoms with Crippen LogP contribution in [-0.2, 0) is 19.1 Å². The Balaban J connectivity index is 1.32. The van der Waals surface area contributed by atoms with Crippen LogP contribution in [0.5, 0.6) is 5.75 Å². The molecule has 0 spiro atoms. The Kier molecular flexibility index (Phi) is 6.64. The minimum absolute atomic E-state index is 0.0147. The van der Waals surface area contributed by atoms with E-state index in [2.05, 4.69) is 11.4 Å². The highest BCUT2D eigenvalue weighted by Gasteiger charge is 2.40. The number of ether oxygens (including phenoxy) is 3. The van der Waals surface area contributed by atoms with E-state index in [-0.39, 0.29) is 42.5 Å². The third-order valence-electron chi connectivity index (χ3n) is 7.61. The summed E-state index contributed by atoms with van der Waals surface area (Å²) in [6.45, 7) is 2.30. The number of carbonyl (C=O) groups excluding carboxylic acids is 2. The zero-order chi connectivity index (χ0) is 21.9. The van der Waals surface area contributed by atoms with Gasteiger partial charge in [0.15, 0.2) is 6.61 Å². The van der Waals surface area contributed by atoms with Crippen LogP contribution in [0.4, 0.5) is 0 Å². The number of amides is 2. The van der Waals surface area contributed by atoms with Crippen LogP contribution in [-0.4, -0.2) is 67.9 Å². The summed E-state index contributed by atoms with van der Waals surface area (Å²) in [6, 6.07) is 7.86. The molecule has 174 valence electrons. The van der Waals surface area contributed by atoms with Gasteiger partial charge < -0.3 is 24.4 Å².